The Morgan fingerprint density at radius 3 is 2.94 bits per heavy atom. The number of isocyanates is 1. The highest BCUT2D eigenvalue weighted by Gasteiger charge is 2.39. The Morgan fingerprint density at radius 2 is 2.29 bits per heavy atom. The van der Waals surface area contributed by atoms with Crippen LogP contribution < -0.4 is 0 Å². The molecular formula is C13H12N2O2. The lowest BCUT2D eigenvalue weighted by Gasteiger charge is -2.36. The second-order valence-corrected chi connectivity index (χ2v) is 4.57. The number of aliphatic imine (C=N–C) groups is 1. The standard InChI is InChI=1S/C13H12N2O2/c1-9-11-4-3-10(7-12(11)17-15-9)13(14-8-16)5-2-6-13/h3-4,7H,2,5-6H2,1H3. The Hall–Kier alpha value is -1.93. The van der Waals surface area contributed by atoms with E-state index in [4.69, 9.17) is 4.52 Å². The van der Waals surface area contributed by atoms with Crippen LogP contribution in [-0.2, 0) is 10.3 Å². The molecule has 1 fully saturated rings. The van der Waals surface area contributed by atoms with Gasteiger partial charge in [0, 0.05) is 5.39 Å². The SMILES string of the molecule is Cc1noc2cc(C3(N=C=O)CCC3)ccc12. The highest BCUT2D eigenvalue weighted by molar-refractivity contribution is 5.80. The first-order chi connectivity index (χ1) is 8.25. The first-order valence-electron chi connectivity index (χ1n) is 5.71. The van der Waals surface area contributed by atoms with Crippen molar-refractivity contribution in [1.29, 1.82) is 0 Å². The van der Waals surface area contributed by atoms with E-state index in [9.17, 15) is 4.79 Å². The third-order valence-corrected chi connectivity index (χ3v) is 3.63. The Morgan fingerprint density at radius 1 is 1.47 bits per heavy atom. The van der Waals surface area contributed by atoms with Crippen molar-refractivity contribution in [1.82, 2.24) is 5.16 Å². The molecule has 0 amide bonds. The molecule has 0 N–H and O–H groups in total. The fraction of sp³-hybridized carbons (Fsp3) is 0.385. The predicted molar refractivity (Wildman–Crippen MR) is 62.4 cm³/mol. The lowest BCUT2D eigenvalue weighted by Crippen LogP contribution is -2.31. The topological polar surface area (TPSA) is 55.5 Å². The molecule has 86 valence electrons. The molecule has 1 aliphatic rings. The van der Waals surface area contributed by atoms with Gasteiger partial charge in [0.05, 0.1) is 11.2 Å². The van der Waals surface area contributed by atoms with Crippen molar-refractivity contribution in [3.05, 3.63) is 29.5 Å². The summed E-state index contributed by atoms with van der Waals surface area (Å²) in [5.74, 6) is 0. The minimum atomic E-state index is -0.364. The fourth-order valence-corrected chi connectivity index (χ4v) is 2.42. The summed E-state index contributed by atoms with van der Waals surface area (Å²) in [7, 11) is 0. The Balaban J connectivity index is 2.14. The highest BCUT2D eigenvalue weighted by atomic mass is 16.5. The van der Waals surface area contributed by atoms with Crippen LogP contribution in [0.15, 0.2) is 27.7 Å². The third-order valence-electron chi connectivity index (χ3n) is 3.63. The van der Waals surface area contributed by atoms with E-state index in [1.165, 1.54) is 0 Å². The average Bonchev–Trinajstić information content (AvgIpc) is 2.65. The molecule has 1 aliphatic carbocycles. The second-order valence-electron chi connectivity index (χ2n) is 4.57. The maximum atomic E-state index is 10.5. The predicted octanol–water partition coefficient (Wildman–Crippen LogP) is 2.85. The summed E-state index contributed by atoms with van der Waals surface area (Å²) in [5.41, 5.74) is 2.30. The normalized spacial score (nSPS) is 17.5. The van der Waals surface area contributed by atoms with Crippen molar-refractivity contribution in [2.45, 2.75) is 31.7 Å². The van der Waals surface area contributed by atoms with Crippen LogP contribution in [0, 0.1) is 6.92 Å². The minimum Gasteiger partial charge on any atom is -0.356 e. The molecule has 3 rings (SSSR count). The molecule has 0 saturated heterocycles. The molecule has 0 unspecified atom stereocenters. The number of fused-ring (bicyclic) bond motifs is 1. The van der Waals surface area contributed by atoms with Crippen LogP contribution in [0.3, 0.4) is 0 Å². The molecule has 4 heteroatoms. The van der Waals surface area contributed by atoms with E-state index < -0.39 is 0 Å². The van der Waals surface area contributed by atoms with Crippen molar-refractivity contribution in [2.24, 2.45) is 4.99 Å². The molecule has 0 spiro atoms. The van der Waals surface area contributed by atoms with Crippen LogP contribution in [0.1, 0.15) is 30.5 Å². The first-order valence-corrected chi connectivity index (χ1v) is 5.71. The number of carbonyl (C=O) groups excluding carboxylic acids is 1. The number of aromatic nitrogens is 1. The van der Waals surface area contributed by atoms with Gasteiger partial charge in [-0.1, -0.05) is 11.2 Å². The zero-order valence-corrected chi connectivity index (χ0v) is 9.56. The van der Waals surface area contributed by atoms with Crippen LogP contribution in [0.2, 0.25) is 0 Å². The van der Waals surface area contributed by atoms with E-state index in [2.05, 4.69) is 10.1 Å². The van der Waals surface area contributed by atoms with Crippen LogP contribution in [0.25, 0.3) is 11.0 Å². The van der Waals surface area contributed by atoms with Gasteiger partial charge in [0.2, 0.25) is 6.08 Å². The van der Waals surface area contributed by atoms with Gasteiger partial charge in [-0.15, -0.1) is 0 Å². The van der Waals surface area contributed by atoms with E-state index in [1.54, 1.807) is 6.08 Å². The molecule has 0 aliphatic heterocycles. The Labute approximate surface area is 98.3 Å². The number of nitrogens with zero attached hydrogens (tertiary/aromatic N) is 2. The molecule has 1 aromatic carbocycles. The third kappa shape index (κ3) is 1.41. The number of benzene rings is 1. The molecule has 1 saturated carbocycles. The van der Waals surface area contributed by atoms with Gasteiger partial charge in [0.1, 0.15) is 0 Å². The van der Waals surface area contributed by atoms with Gasteiger partial charge in [-0.2, -0.15) is 4.99 Å². The molecular weight excluding hydrogens is 216 g/mol. The summed E-state index contributed by atoms with van der Waals surface area (Å²) in [6.07, 6.45) is 4.59. The Kier molecular flexibility index (Phi) is 2.13. The maximum Gasteiger partial charge on any atom is 0.235 e. The summed E-state index contributed by atoms with van der Waals surface area (Å²) in [6.45, 7) is 1.91. The Bertz CT molecular complexity index is 619. The van der Waals surface area contributed by atoms with Gasteiger partial charge in [-0.25, -0.2) is 4.79 Å². The largest absolute Gasteiger partial charge is 0.356 e. The van der Waals surface area contributed by atoms with E-state index in [0.29, 0.717) is 0 Å². The fourth-order valence-electron chi connectivity index (χ4n) is 2.42. The lowest BCUT2D eigenvalue weighted by molar-refractivity contribution is 0.256. The maximum absolute atomic E-state index is 10.5. The molecule has 17 heavy (non-hydrogen) atoms. The smallest absolute Gasteiger partial charge is 0.235 e. The van der Waals surface area contributed by atoms with E-state index in [1.807, 2.05) is 25.1 Å². The summed E-state index contributed by atoms with van der Waals surface area (Å²) in [5, 5.41) is 4.94. The summed E-state index contributed by atoms with van der Waals surface area (Å²) in [4.78, 5) is 14.5. The van der Waals surface area contributed by atoms with Gasteiger partial charge in [-0.05, 0) is 43.9 Å². The number of aryl methyl sites for hydroxylation is 1. The quantitative estimate of drug-likeness (QED) is 0.586. The monoisotopic (exact) mass is 228 g/mol. The molecule has 0 radical (unpaired) electrons. The van der Waals surface area contributed by atoms with Crippen molar-refractivity contribution in [3.8, 4) is 0 Å². The van der Waals surface area contributed by atoms with Gasteiger partial charge in [-0.3, -0.25) is 0 Å². The van der Waals surface area contributed by atoms with Crippen LogP contribution >= 0.6 is 0 Å². The average molecular weight is 228 g/mol. The van der Waals surface area contributed by atoms with Crippen molar-refractivity contribution >= 4 is 17.0 Å². The van der Waals surface area contributed by atoms with Gasteiger partial charge in [0.25, 0.3) is 0 Å². The van der Waals surface area contributed by atoms with Gasteiger partial charge >= 0.3 is 0 Å². The summed E-state index contributed by atoms with van der Waals surface area (Å²) < 4.78 is 5.24. The molecule has 2 aromatic rings. The van der Waals surface area contributed by atoms with Crippen molar-refractivity contribution in [2.75, 3.05) is 0 Å². The summed E-state index contributed by atoms with van der Waals surface area (Å²) in [6, 6.07) is 5.93. The zero-order chi connectivity index (χ0) is 11.9. The van der Waals surface area contributed by atoms with Gasteiger partial charge in [0.15, 0.2) is 5.58 Å². The number of hydrogen-bond donors (Lipinski definition) is 0. The van der Waals surface area contributed by atoms with Crippen LogP contribution in [0.4, 0.5) is 0 Å². The van der Waals surface area contributed by atoms with Crippen molar-refractivity contribution < 1.29 is 9.32 Å². The number of rotatable bonds is 2. The molecule has 1 aromatic heterocycles. The highest BCUT2D eigenvalue weighted by Crippen LogP contribution is 2.45. The second kappa shape index (κ2) is 3.54. The molecule has 4 nitrogen and oxygen atoms in total. The molecule has 0 atom stereocenters. The minimum absolute atomic E-state index is 0.364. The zero-order valence-electron chi connectivity index (χ0n) is 9.56. The van der Waals surface area contributed by atoms with Gasteiger partial charge < -0.3 is 4.52 Å². The van der Waals surface area contributed by atoms with E-state index >= 15 is 0 Å². The molecule has 1 heterocycles. The number of hydrogen-bond acceptors (Lipinski definition) is 4. The van der Waals surface area contributed by atoms with E-state index in [0.717, 1.165) is 41.5 Å². The van der Waals surface area contributed by atoms with Crippen molar-refractivity contribution in [3.63, 3.8) is 0 Å². The molecule has 0 bridgehead atoms. The lowest BCUT2D eigenvalue weighted by atomic mass is 9.72. The first kappa shape index (κ1) is 10.2. The summed E-state index contributed by atoms with van der Waals surface area (Å²) >= 11 is 0. The van der Waals surface area contributed by atoms with Crippen LogP contribution in [-0.4, -0.2) is 11.2 Å². The van der Waals surface area contributed by atoms with E-state index in [-0.39, 0.29) is 5.54 Å². The van der Waals surface area contributed by atoms with Crippen LogP contribution in [0.5, 0.6) is 0 Å².